The molecule has 7 heavy (non-hydrogen) atoms. The van der Waals surface area contributed by atoms with Crippen LogP contribution in [0.3, 0.4) is 0 Å². The van der Waals surface area contributed by atoms with Crippen molar-refractivity contribution in [1.29, 1.82) is 5.26 Å². The molecular formula is C2HNO3S. The average molecular weight is 119 g/mol. The minimum atomic E-state index is -1.45. The van der Waals surface area contributed by atoms with Crippen molar-refractivity contribution in [3.8, 4) is 5.40 Å². The molecule has 0 bridgehead atoms. The standard InChI is InChI=1S/C2HNO3S/c3-1-7-6-2(4)5/h(H,4,5). The van der Waals surface area contributed by atoms with Crippen molar-refractivity contribution >= 4 is 18.2 Å². The first kappa shape index (κ1) is 6.11. The largest absolute Gasteiger partial charge is 0.519 e. The van der Waals surface area contributed by atoms with Crippen LogP contribution in [-0.2, 0) is 4.18 Å². The third kappa shape index (κ3) is 5.11. The molecule has 5 heteroatoms. The van der Waals surface area contributed by atoms with Crippen molar-refractivity contribution in [2.75, 3.05) is 0 Å². The predicted molar refractivity (Wildman–Crippen MR) is 22.3 cm³/mol. The van der Waals surface area contributed by atoms with Gasteiger partial charge in [0.15, 0.2) is 17.4 Å². The van der Waals surface area contributed by atoms with Gasteiger partial charge in [0, 0.05) is 0 Å². The molecule has 0 unspecified atom stereocenters. The molecule has 0 aliphatic heterocycles. The second-order valence-corrected chi connectivity index (χ2v) is 1.04. The minimum Gasteiger partial charge on any atom is -0.449 e. The maximum atomic E-state index is 9.36. The average Bonchev–Trinajstić information content (AvgIpc) is 1.61. The predicted octanol–water partition coefficient (Wildman–Crippen LogP) is 0.810. The van der Waals surface area contributed by atoms with E-state index in [0.29, 0.717) is 0 Å². The first-order valence-corrected chi connectivity index (χ1v) is 1.97. The first-order valence-electron chi connectivity index (χ1n) is 1.23. The zero-order valence-corrected chi connectivity index (χ0v) is 3.94. The van der Waals surface area contributed by atoms with Gasteiger partial charge in [-0.2, -0.15) is 5.26 Å². The van der Waals surface area contributed by atoms with Crippen LogP contribution in [0.4, 0.5) is 4.79 Å². The summed E-state index contributed by atoms with van der Waals surface area (Å²) in [5, 5.41) is 16.7. The lowest BCUT2D eigenvalue weighted by Crippen LogP contribution is -1.88. The van der Waals surface area contributed by atoms with Crippen LogP contribution in [0, 0.1) is 10.7 Å². The van der Waals surface area contributed by atoms with Gasteiger partial charge in [-0.1, -0.05) is 0 Å². The lowest BCUT2D eigenvalue weighted by molar-refractivity contribution is 0.153. The molecule has 0 saturated carbocycles. The summed E-state index contributed by atoms with van der Waals surface area (Å²) in [5.74, 6) is 0. The number of carbonyl (C=O) groups is 1. The minimum absolute atomic E-state index is 0.222. The van der Waals surface area contributed by atoms with Gasteiger partial charge in [-0.05, 0) is 0 Å². The summed E-state index contributed by atoms with van der Waals surface area (Å²) in [6.45, 7) is 0. The number of hydrogen-bond acceptors (Lipinski definition) is 4. The Kier molecular flexibility index (Phi) is 2.89. The lowest BCUT2D eigenvalue weighted by atomic mass is 11.5. The van der Waals surface area contributed by atoms with E-state index >= 15 is 0 Å². The van der Waals surface area contributed by atoms with Gasteiger partial charge in [-0.25, -0.2) is 4.79 Å². The van der Waals surface area contributed by atoms with Gasteiger partial charge in [0.1, 0.15) is 0 Å². The van der Waals surface area contributed by atoms with E-state index in [2.05, 4.69) is 4.18 Å². The van der Waals surface area contributed by atoms with Crippen molar-refractivity contribution in [2.24, 2.45) is 0 Å². The second kappa shape index (κ2) is 3.31. The monoisotopic (exact) mass is 119 g/mol. The van der Waals surface area contributed by atoms with E-state index in [4.69, 9.17) is 10.4 Å². The van der Waals surface area contributed by atoms with Crippen molar-refractivity contribution in [2.45, 2.75) is 0 Å². The Hall–Kier alpha value is -0.890. The van der Waals surface area contributed by atoms with Gasteiger partial charge in [0.25, 0.3) is 0 Å². The molecule has 0 aromatic carbocycles. The van der Waals surface area contributed by atoms with Crippen LogP contribution in [0.1, 0.15) is 0 Å². The van der Waals surface area contributed by atoms with Gasteiger partial charge < -0.3 is 9.29 Å². The summed E-state index contributed by atoms with van der Waals surface area (Å²) in [6.07, 6.45) is -1.45. The Morgan fingerprint density at radius 3 is 2.71 bits per heavy atom. The zero-order chi connectivity index (χ0) is 5.70. The molecule has 38 valence electrons. The maximum absolute atomic E-state index is 9.36. The molecule has 0 fully saturated rings. The van der Waals surface area contributed by atoms with E-state index in [-0.39, 0.29) is 12.0 Å². The summed E-state index contributed by atoms with van der Waals surface area (Å²) in [6, 6.07) is 0. The Bertz CT molecular complexity index is 106. The highest BCUT2D eigenvalue weighted by molar-refractivity contribution is 7.99. The summed E-state index contributed by atoms with van der Waals surface area (Å²) >= 11 is 0.222. The van der Waals surface area contributed by atoms with Crippen LogP contribution in [0.25, 0.3) is 0 Å². The quantitative estimate of drug-likeness (QED) is 0.408. The number of thiocyanates is 1. The number of nitrogens with zero attached hydrogens (tertiary/aromatic N) is 1. The SMILES string of the molecule is N#CSOC(=O)O. The van der Waals surface area contributed by atoms with Gasteiger partial charge in [0.2, 0.25) is 0 Å². The summed E-state index contributed by atoms with van der Waals surface area (Å²) in [5.41, 5.74) is 0. The molecule has 0 aliphatic carbocycles. The van der Waals surface area contributed by atoms with Crippen LogP contribution in [0.5, 0.6) is 0 Å². The summed E-state index contributed by atoms with van der Waals surface area (Å²) in [4.78, 5) is 9.36. The third-order valence-corrected chi connectivity index (χ3v) is 0.451. The molecule has 0 aromatic rings. The van der Waals surface area contributed by atoms with Crippen molar-refractivity contribution in [1.82, 2.24) is 0 Å². The Morgan fingerprint density at radius 1 is 2.00 bits per heavy atom. The summed E-state index contributed by atoms with van der Waals surface area (Å²) < 4.78 is 3.66. The maximum Gasteiger partial charge on any atom is 0.519 e. The molecular weight excluding hydrogens is 118 g/mol. The fraction of sp³-hybridized carbons (Fsp3) is 0. The van der Waals surface area contributed by atoms with Crippen LogP contribution >= 0.6 is 12.0 Å². The molecule has 0 atom stereocenters. The van der Waals surface area contributed by atoms with Crippen LogP contribution in [-0.4, -0.2) is 11.3 Å². The molecule has 0 heterocycles. The molecule has 0 amide bonds. The van der Waals surface area contributed by atoms with Crippen LogP contribution < -0.4 is 0 Å². The zero-order valence-electron chi connectivity index (χ0n) is 3.12. The van der Waals surface area contributed by atoms with E-state index in [1.807, 2.05) is 0 Å². The van der Waals surface area contributed by atoms with Gasteiger partial charge in [0.05, 0.1) is 0 Å². The fourth-order valence-electron chi connectivity index (χ4n) is 0.0543. The van der Waals surface area contributed by atoms with Gasteiger partial charge >= 0.3 is 6.16 Å². The molecule has 0 spiro atoms. The Balaban J connectivity index is 3.02. The molecule has 0 radical (unpaired) electrons. The molecule has 0 saturated heterocycles. The first-order chi connectivity index (χ1) is 3.27. The molecule has 4 nitrogen and oxygen atoms in total. The molecule has 0 aliphatic rings. The van der Waals surface area contributed by atoms with E-state index in [0.717, 1.165) is 0 Å². The van der Waals surface area contributed by atoms with Gasteiger partial charge in [-0.15, -0.1) is 0 Å². The number of carboxylic acid groups (broad SMARTS) is 1. The smallest absolute Gasteiger partial charge is 0.449 e. The van der Waals surface area contributed by atoms with Crippen molar-refractivity contribution in [3.05, 3.63) is 0 Å². The highest BCUT2D eigenvalue weighted by Crippen LogP contribution is 1.96. The molecule has 1 N–H and O–H groups in total. The van der Waals surface area contributed by atoms with Crippen molar-refractivity contribution in [3.63, 3.8) is 0 Å². The van der Waals surface area contributed by atoms with E-state index in [9.17, 15) is 4.79 Å². The third-order valence-electron chi connectivity index (χ3n) is 0.150. The fourth-order valence-corrected chi connectivity index (χ4v) is 0.163. The lowest BCUT2D eigenvalue weighted by Gasteiger charge is -1.81. The topological polar surface area (TPSA) is 70.3 Å². The van der Waals surface area contributed by atoms with Gasteiger partial charge in [-0.3, -0.25) is 0 Å². The summed E-state index contributed by atoms with van der Waals surface area (Å²) in [7, 11) is 0. The highest BCUT2D eigenvalue weighted by Gasteiger charge is 1.92. The number of rotatable bonds is 1. The van der Waals surface area contributed by atoms with Crippen LogP contribution in [0.15, 0.2) is 0 Å². The molecule has 0 rings (SSSR count). The Morgan fingerprint density at radius 2 is 2.57 bits per heavy atom. The normalized spacial score (nSPS) is 6.71. The highest BCUT2D eigenvalue weighted by atomic mass is 32.2. The van der Waals surface area contributed by atoms with E-state index in [1.165, 1.54) is 5.40 Å². The van der Waals surface area contributed by atoms with E-state index < -0.39 is 6.16 Å². The number of hydrogen-bond donors (Lipinski definition) is 1. The van der Waals surface area contributed by atoms with Crippen molar-refractivity contribution < 1.29 is 14.1 Å². The molecule has 0 aromatic heterocycles. The van der Waals surface area contributed by atoms with E-state index in [1.54, 1.807) is 0 Å². The van der Waals surface area contributed by atoms with Crippen LogP contribution in [0.2, 0.25) is 0 Å². The second-order valence-electron chi connectivity index (χ2n) is 0.524. The number of nitriles is 1. The Labute approximate surface area is 43.9 Å².